The van der Waals surface area contributed by atoms with Crippen LogP contribution in [0.15, 0.2) is 0 Å². The van der Waals surface area contributed by atoms with Gasteiger partial charge in [-0.15, -0.1) is 0 Å². The number of aliphatic carboxylic acids is 1. The van der Waals surface area contributed by atoms with Crippen molar-refractivity contribution in [1.29, 1.82) is 0 Å². The number of carboxylic acid groups (broad SMARTS) is 1. The first kappa shape index (κ1) is 6.51. The molecule has 0 aromatic heterocycles. The van der Waals surface area contributed by atoms with E-state index < -0.39 is 18.1 Å². The van der Waals surface area contributed by atoms with Gasteiger partial charge >= 0.3 is 0 Å². The lowest BCUT2D eigenvalue weighted by atomic mass is 10.2. The van der Waals surface area contributed by atoms with Gasteiger partial charge in [0.2, 0.25) is 0 Å². The lowest BCUT2D eigenvalue weighted by Crippen LogP contribution is -2.90. The molecule has 0 aliphatic carbocycles. The van der Waals surface area contributed by atoms with Crippen LogP contribution in [0.25, 0.3) is 0 Å². The second-order valence-corrected chi connectivity index (χ2v) is 2.08. The molecule has 51 valence electrons. The number of hydrogen-bond acceptors (Lipinski definition) is 3. The van der Waals surface area contributed by atoms with E-state index >= 15 is 0 Å². The lowest BCUT2D eigenvalue weighted by Gasteiger charge is -2.04. The number of nitrogens with two attached hydrogens (primary N) is 1. The summed E-state index contributed by atoms with van der Waals surface area (Å²) in [6.45, 7) is 0.429. The highest BCUT2D eigenvalue weighted by Gasteiger charge is 2.27. The highest BCUT2D eigenvalue weighted by Crippen LogP contribution is 1.95. The summed E-state index contributed by atoms with van der Waals surface area (Å²) in [7, 11) is 0. The minimum absolute atomic E-state index is 0.429. The Kier molecular flexibility index (Phi) is 1.68. The summed E-state index contributed by atoms with van der Waals surface area (Å²) in [5.74, 6) is -1.13. The molecule has 1 aliphatic heterocycles. The van der Waals surface area contributed by atoms with E-state index in [0.29, 0.717) is 6.54 Å². The molecule has 0 amide bonds. The maximum Gasteiger partial charge on any atom is 0.132 e. The van der Waals surface area contributed by atoms with Gasteiger partial charge in [-0.2, -0.15) is 0 Å². The number of carboxylic acids is 1. The number of carbonyl (C=O) groups excluding carboxylic acids is 1. The number of aliphatic hydroxyl groups excluding tert-OH is 1. The third kappa shape index (κ3) is 1.40. The van der Waals surface area contributed by atoms with E-state index in [-0.39, 0.29) is 0 Å². The van der Waals surface area contributed by atoms with Crippen LogP contribution in [-0.2, 0) is 4.79 Å². The van der Waals surface area contributed by atoms with E-state index in [0.717, 1.165) is 0 Å². The summed E-state index contributed by atoms with van der Waals surface area (Å²) in [5, 5.41) is 20.4. The Hall–Kier alpha value is -0.610. The topological polar surface area (TPSA) is 77.0 Å². The van der Waals surface area contributed by atoms with Crippen molar-refractivity contribution < 1.29 is 20.3 Å². The van der Waals surface area contributed by atoms with Gasteiger partial charge in [0.05, 0.1) is 12.4 Å². The second-order valence-electron chi connectivity index (χ2n) is 2.08. The molecule has 9 heavy (non-hydrogen) atoms. The molecule has 1 rings (SSSR count). The van der Waals surface area contributed by atoms with Crippen molar-refractivity contribution in [3.8, 4) is 0 Å². The SMILES string of the molecule is O=C([O-])[C@@H]1[CH]C(O)C[NH2+]1. The zero-order valence-electron chi connectivity index (χ0n) is 4.78. The zero-order valence-corrected chi connectivity index (χ0v) is 4.78. The summed E-state index contributed by atoms with van der Waals surface area (Å²) in [6.07, 6.45) is 0.767. The third-order valence-corrected chi connectivity index (χ3v) is 1.33. The first-order valence-corrected chi connectivity index (χ1v) is 2.77. The zero-order chi connectivity index (χ0) is 6.85. The summed E-state index contributed by atoms with van der Waals surface area (Å²) >= 11 is 0. The molecule has 4 nitrogen and oxygen atoms in total. The Morgan fingerprint density at radius 1 is 1.89 bits per heavy atom. The van der Waals surface area contributed by atoms with Crippen molar-refractivity contribution in [1.82, 2.24) is 0 Å². The van der Waals surface area contributed by atoms with Crippen molar-refractivity contribution in [2.24, 2.45) is 0 Å². The fraction of sp³-hybridized carbons (Fsp3) is 0.600. The van der Waals surface area contributed by atoms with Gasteiger partial charge in [-0.05, 0) is 0 Å². The summed E-state index contributed by atoms with van der Waals surface area (Å²) < 4.78 is 0. The molecular weight excluding hydrogens is 122 g/mol. The molecule has 1 fully saturated rings. The number of quaternary nitrogens is 1. The molecule has 0 saturated carbocycles. The molecule has 0 bridgehead atoms. The van der Waals surface area contributed by atoms with Gasteiger partial charge in [-0.25, -0.2) is 0 Å². The van der Waals surface area contributed by atoms with Crippen LogP contribution in [0.1, 0.15) is 0 Å². The Labute approximate surface area is 52.5 Å². The lowest BCUT2D eigenvalue weighted by molar-refractivity contribution is -0.663. The first-order chi connectivity index (χ1) is 4.20. The highest BCUT2D eigenvalue weighted by atomic mass is 16.4. The molecular formula is C5H8NO3. The maximum absolute atomic E-state index is 10.1. The van der Waals surface area contributed by atoms with Gasteiger partial charge in [0.15, 0.2) is 0 Å². The minimum Gasteiger partial charge on any atom is -0.544 e. The fourth-order valence-corrected chi connectivity index (χ4v) is 0.857. The van der Waals surface area contributed by atoms with Gasteiger partial charge < -0.3 is 20.3 Å². The third-order valence-electron chi connectivity index (χ3n) is 1.33. The Morgan fingerprint density at radius 2 is 2.56 bits per heavy atom. The summed E-state index contributed by atoms with van der Waals surface area (Å²) in [4.78, 5) is 10.1. The molecule has 1 radical (unpaired) electrons. The van der Waals surface area contributed by atoms with Crippen LogP contribution in [0, 0.1) is 6.42 Å². The Bertz CT molecular complexity index is 125. The van der Waals surface area contributed by atoms with Gasteiger partial charge in [0.1, 0.15) is 18.7 Å². The highest BCUT2D eigenvalue weighted by molar-refractivity contribution is 5.71. The molecule has 1 heterocycles. The Morgan fingerprint density at radius 3 is 2.78 bits per heavy atom. The van der Waals surface area contributed by atoms with Crippen LogP contribution in [-0.4, -0.2) is 29.8 Å². The molecule has 2 atom stereocenters. The van der Waals surface area contributed by atoms with Crippen molar-refractivity contribution in [2.75, 3.05) is 6.54 Å². The van der Waals surface area contributed by atoms with Crippen molar-refractivity contribution in [3.63, 3.8) is 0 Å². The van der Waals surface area contributed by atoms with Crippen LogP contribution < -0.4 is 10.4 Å². The van der Waals surface area contributed by atoms with Gasteiger partial charge in [0, 0.05) is 0 Å². The minimum atomic E-state index is -1.13. The molecule has 1 unspecified atom stereocenters. The largest absolute Gasteiger partial charge is 0.544 e. The van der Waals surface area contributed by atoms with Crippen LogP contribution >= 0.6 is 0 Å². The molecule has 1 aliphatic rings. The Balaban J connectivity index is 2.39. The molecule has 0 spiro atoms. The second kappa shape index (κ2) is 2.33. The van der Waals surface area contributed by atoms with Crippen molar-refractivity contribution >= 4 is 5.97 Å². The average molecular weight is 130 g/mol. The number of hydrogen-bond donors (Lipinski definition) is 2. The quantitative estimate of drug-likeness (QED) is 0.383. The maximum atomic E-state index is 10.1. The van der Waals surface area contributed by atoms with Gasteiger partial charge in [-0.1, -0.05) is 0 Å². The molecule has 1 saturated heterocycles. The molecule has 3 N–H and O–H groups in total. The van der Waals surface area contributed by atoms with E-state index in [1.165, 1.54) is 11.7 Å². The van der Waals surface area contributed by atoms with E-state index in [4.69, 9.17) is 5.11 Å². The molecule has 4 heteroatoms. The number of rotatable bonds is 1. The number of aliphatic hydroxyl groups is 1. The van der Waals surface area contributed by atoms with Crippen molar-refractivity contribution in [2.45, 2.75) is 12.1 Å². The van der Waals surface area contributed by atoms with E-state index in [1.54, 1.807) is 0 Å². The molecule has 0 aromatic carbocycles. The fourth-order valence-electron chi connectivity index (χ4n) is 0.857. The van der Waals surface area contributed by atoms with Crippen LogP contribution in [0.5, 0.6) is 0 Å². The number of carbonyl (C=O) groups is 1. The van der Waals surface area contributed by atoms with E-state index in [9.17, 15) is 9.90 Å². The average Bonchev–Trinajstić information content (AvgIpc) is 2.14. The van der Waals surface area contributed by atoms with E-state index in [2.05, 4.69) is 0 Å². The van der Waals surface area contributed by atoms with E-state index in [1.807, 2.05) is 0 Å². The predicted octanol–water partition coefficient (Wildman–Crippen LogP) is -3.75. The van der Waals surface area contributed by atoms with Crippen LogP contribution in [0.2, 0.25) is 0 Å². The monoisotopic (exact) mass is 130 g/mol. The summed E-state index contributed by atoms with van der Waals surface area (Å²) in [5.41, 5.74) is 0. The van der Waals surface area contributed by atoms with Crippen molar-refractivity contribution in [3.05, 3.63) is 6.42 Å². The van der Waals surface area contributed by atoms with Crippen LogP contribution in [0.4, 0.5) is 0 Å². The molecule has 0 aromatic rings. The summed E-state index contributed by atoms with van der Waals surface area (Å²) in [6, 6.07) is -0.653. The smallest absolute Gasteiger partial charge is 0.132 e. The van der Waals surface area contributed by atoms with Gasteiger partial charge in [-0.3, -0.25) is 0 Å². The predicted molar refractivity (Wildman–Crippen MR) is 25.9 cm³/mol. The van der Waals surface area contributed by atoms with Gasteiger partial charge in [0.25, 0.3) is 0 Å². The normalized spacial score (nSPS) is 34.8. The van der Waals surface area contributed by atoms with Crippen LogP contribution in [0.3, 0.4) is 0 Å². The first-order valence-electron chi connectivity index (χ1n) is 2.77. The standard InChI is InChI=1S/C5H8NO3/c7-3-1-4(5(8)9)6-2-3/h1,3-4,6-7H,2H2,(H,8,9)/t3?,4-/m0/s1.